The summed E-state index contributed by atoms with van der Waals surface area (Å²) < 4.78 is 26.0. The van der Waals surface area contributed by atoms with Crippen molar-refractivity contribution in [3.63, 3.8) is 0 Å². The summed E-state index contributed by atoms with van der Waals surface area (Å²) in [6, 6.07) is 23.6. The zero-order valence-electron chi connectivity index (χ0n) is 19.0. The van der Waals surface area contributed by atoms with Crippen molar-refractivity contribution < 1.29 is 18.3 Å². The second-order valence-electron chi connectivity index (χ2n) is 8.17. The number of anilines is 1. The van der Waals surface area contributed by atoms with Crippen LogP contribution in [-0.4, -0.2) is 42.7 Å². The van der Waals surface area contributed by atoms with Crippen LogP contribution in [0.5, 0.6) is 0 Å². The van der Waals surface area contributed by atoms with E-state index in [4.69, 9.17) is 0 Å². The number of hydrogen-bond acceptors (Lipinski definition) is 6. The molecule has 0 saturated heterocycles. The van der Waals surface area contributed by atoms with Crippen molar-refractivity contribution >= 4 is 50.6 Å². The number of amidine groups is 1. The van der Waals surface area contributed by atoms with Crippen LogP contribution in [0.25, 0.3) is 12.2 Å². The third-order valence-electron chi connectivity index (χ3n) is 5.57. The number of aliphatic imine (C=N–C) groups is 1. The van der Waals surface area contributed by atoms with Crippen molar-refractivity contribution in [1.82, 2.24) is 0 Å². The molecule has 8 heteroatoms. The Morgan fingerprint density at radius 1 is 0.971 bits per heavy atom. The van der Waals surface area contributed by atoms with Crippen molar-refractivity contribution in [2.24, 2.45) is 4.99 Å². The minimum atomic E-state index is -3.66. The van der Waals surface area contributed by atoms with Crippen LogP contribution in [0.2, 0.25) is 0 Å². The molecule has 0 amide bonds. The van der Waals surface area contributed by atoms with E-state index in [0.717, 1.165) is 34.3 Å². The maximum atomic E-state index is 13.0. The zero-order valence-corrected chi connectivity index (χ0v) is 20.6. The van der Waals surface area contributed by atoms with Crippen LogP contribution in [0.4, 0.5) is 5.69 Å². The van der Waals surface area contributed by atoms with E-state index in [1.54, 1.807) is 60.3 Å². The summed E-state index contributed by atoms with van der Waals surface area (Å²) >= 11 is 1.71. The van der Waals surface area contributed by atoms with Gasteiger partial charge in [0, 0.05) is 17.4 Å². The van der Waals surface area contributed by atoms with E-state index < -0.39 is 21.7 Å². The van der Waals surface area contributed by atoms with E-state index in [2.05, 4.69) is 10.3 Å². The van der Waals surface area contributed by atoms with E-state index >= 15 is 0 Å². The molecule has 0 aliphatic carbocycles. The predicted molar refractivity (Wildman–Crippen MR) is 144 cm³/mol. The average Bonchev–Trinajstić information content (AvgIpc) is 3.37. The molecule has 0 fully saturated rings. The van der Waals surface area contributed by atoms with Crippen LogP contribution >= 0.6 is 11.8 Å². The molecule has 3 aromatic rings. The molecule has 1 atom stereocenters. The van der Waals surface area contributed by atoms with Crippen molar-refractivity contribution in [1.29, 1.82) is 0 Å². The first kappa shape index (κ1) is 24.8. The molecule has 1 aliphatic rings. The Morgan fingerprint density at radius 2 is 1.60 bits per heavy atom. The standard InChI is InChI=1S/C27H26N2O4S2/c30-26(31)18-23(22-4-2-1-3-5-22)19-35(32,33)25-14-10-21(11-15-25)7-6-20-8-12-24(13-9-20)29-27-28-16-17-34-27/h1-15,23H,16-19H2,(H,28,29)(H,30,31)/b7-6+. The Labute approximate surface area is 209 Å². The number of aliphatic carboxylic acids is 1. The lowest BCUT2D eigenvalue weighted by molar-refractivity contribution is -0.137. The SMILES string of the molecule is O=C(O)CC(CS(=O)(=O)c1ccc(/C=C/c2ccc(NC3=NCCS3)cc2)cc1)c1ccccc1. The van der Waals surface area contributed by atoms with Crippen LogP contribution in [0.15, 0.2) is 88.8 Å². The first-order valence-corrected chi connectivity index (χ1v) is 13.8. The summed E-state index contributed by atoms with van der Waals surface area (Å²) in [6.45, 7) is 0.851. The fraction of sp³-hybridized carbons (Fsp3) is 0.185. The maximum absolute atomic E-state index is 13.0. The molecule has 2 N–H and O–H groups in total. The summed E-state index contributed by atoms with van der Waals surface area (Å²) in [5.41, 5.74) is 3.58. The van der Waals surface area contributed by atoms with Crippen molar-refractivity contribution in [2.75, 3.05) is 23.4 Å². The Kier molecular flexibility index (Phi) is 8.05. The first-order valence-electron chi connectivity index (χ1n) is 11.2. The van der Waals surface area contributed by atoms with E-state index in [9.17, 15) is 18.3 Å². The van der Waals surface area contributed by atoms with Crippen molar-refractivity contribution in [3.05, 3.63) is 95.6 Å². The number of hydrogen-bond donors (Lipinski definition) is 2. The van der Waals surface area contributed by atoms with Gasteiger partial charge in [0.15, 0.2) is 15.0 Å². The van der Waals surface area contributed by atoms with Gasteiger partial charge in [-0.15, -0.1) is 0 Å². The Hall–Kier alpha value is -3.36. The second-order valence-corrected chi connectivity index (χ2v) is 11.3. The highest BCUT2D eigenvalue weighted by Gasteiger charge is 2.24. The summed E-state index contributed by atoms with van der Waals surface area (Å²) in [6.07, 6.45) is 3.64. The van der Waals surface area contributed by atoms with Gasteiger partial charge in [0.25, 0.3) is 0 Å². The first-order chi connectivity index (χ1) is 16.9. The minimum absolute atomic E-state index is 0.184. The number of thioether (sulfide) groups is 1. The molecule has 35 heavy (non-hydrogen) atoms. The molecule has 3 aromatic carbocycles. The molecule has 4 rings (SSSR count). The lowest BCUT2D eigenvalue weighted by atomic mass is 9.98. The highest BCUT2D eigenvalue weighted by Crippen LogP contribution is 2.25. The molecular weight excluding hydrogens is 480 g/mol. The summed E-state index contributed by atoms with van der Waals surface area (Å²) in [5, 5.41) is 13.5. The fourth-order valence-corrected chi connectivity index (χ4v) is 6.09. The van der Waals surface area contributed by atoms with Gasteiger partial charge in [-0.05, 0) is 41.0 Å². The molecule has 1 heterocycles. The smallest absolute Gasteiger partial charge is 0.303 e. The molecule has 1 aliphatic heterocycles. The van der Waals surface area contributed by atoms with Crippen molar-refractivity contribution in [3.8, 4) is 0 Å². The van der Waals surface area contributed by atoms with Gasteiger partial charge in [-0.2, -0.15) is 0 Å². The summed E-state index contributed by atoms with van der Waals surface area (Å²) in [7, 11) is -3.66. The van der Waals surface area contributed by atoms with E-state index in [-0.39, 0.29) is 17.1 Å². The highest BCUT2D eigenvalue weighted by atomic mass is 32.2. The topological polar surface area (TPSA) is 95.8 Å². The van der Waals surface area contributed by atoms with Gasteiger partial charge in [0.05, 0.1) is 23.6 Å². The van der Waals surface area contributed by atoms with Crippen molar-refractivity contribution in [2.45, 2.75) is 17.2 Å². The lowest BCUT2D eigenvalue weighted by Gasteiger charge is -2.16. The number of carboxylic acids is 1. The molecule has 0 aromatic heterocycles. The van der Waals surface area contributed by atoms with Gasteiger partial charge in [0.1, 0.15) is 0 Å². The van der Waals surface area contributed by atoms with Crippen LogP contribution in [-0.2, 0) is 14.6 Å². The molecule has 0 radical (unpaired) electrons. The lowest BCUT2D eigenvalue weighted by Crippen LogP contribution is -2.18. The number of sulfone groups is 1. The zero-order chi connectivity index (χ0) is 24.7. The number of rotatable bonds is 9. The Balaban J connectivity index is 1.41. The third-order valence-corrected chi connectivity index (χ3v) is 8.29. The van der Waals surface area contributed by atoms with Crippen LogP contribution < -0.4 is 5.32 Å². The molecule has 6 nitrogen and oxygen atoms in total. The van der Waals surface area contributed by atoms with E-state index in [1.807, 2.05) is 42.5 Å². The van der Waals surface area contributed by atoms with Gasteiger partial charge in [-0.3, -0.25) is 9.79 Å². The minimum Gasteiger partial charge on any atom is -0.481 e. The van der Waals surface area contributed by atoms with Crippen LogP contribution in [0, 0.1) is 0 Å². The fourth-order valence-electron chi connectivity index (χ4n) is 3.76. The van der Waals surface area contributed by atoms with Crippen LogP contribution in [0.1, 0.15) is 29.0 Å². The quantitative estimate of drug-likeness (QED) is 0.377. The largest absolute Gasteiger partial charge is 0.481 e. The van der Waals surface area contributed by atoms with Gasteiger partial charge in [-0.25, -0.2) is 8.42 Å². The molecule has 1 unspecified atom stereocenters. The summed E-state index contributed by atoms with van der Waals surface area (Å²) in [5.74, 6) is -0.886. The van der Waals surface area contributed by atoms with Gasteiger partial charge in [-0.1, -0.05) is 78.5 Å². The third kappa shape index (κ3) is 7.07. The average molecular weight is 507 g/mol. The molecule has 0 saturated carbocycles. The summed E-state index contributed by atoms with van der Waals surface area (Å²) in [4.78, 5) is 15.9. The Bertz CT molecular complexity index is 1320. The van der Waals surface area contributed by atoms with Crippen LogP contribution in [0.3, 0.4) is 0 Å². The van der Waals surface area contributed by atoms with E-state index in [1.165, 1.54) is 0 Å². The number of carbonyl (C=O) groups is 1. The predicted octanol–water partition coefficient (Wildman–Crippen LogP) is 5.40. The number of nitrogens with zero attached hydrogens (tertiary/aromatic N) is 1. The van der Waals surface area contributed by atoms with Gasteiger partial charge < -0.3 is 10.4 Å². The molecular formula is C27H26N2O4S2. The normalized spacial score (nSPS) is 14.6. The molecule has 0 bridgehead atoms. The van der Waals surface area contributed by atoms with Gasteiger partial charge >= 0.3 is 5.97 Å². The Morgan fingerprint density at radius 3 is 2.17 bits per heavy atom. The number of nitrogens with one attached hydrogen (secondary N) is 1. The highest BCUT2D eigenvalue weighted by molar-refractivity contribution is 8.14. The number of benzene rings is 3. The maximum Gasteiger partial charge on any atom is 0.303 e. The molecule has 0 spiro atoms. The monoisotopic (exact) mass is 506 g/mol. The van der Waals surface area contributed by atoms with E-state index in [0.29, 0.717) is 5.56 Å². The van der Waals surface area contributed by atoms with Gasteiger partial charge in [0.2, 0.25) is 0 Å². The molecule has 180 valence electrons. The second kappa shape index (κ2) is 11.4. The number of carboxylic acid groups (broad SMARTS) is 1.